The molecular formula is C22H24N4O3. The van der Waals surface area contributed by atoms with Crippen LogP contribution in [0.4, 0.5) is 5.69 Å². The average molecular weight is 392 g/mol. The van der Waals surface area contributed by atoms with Gasteiger partial charge in [-0.1, -0.05) is 42.0 Å². The Labute approximate surface area is 170 Å². The number of ether oxygens (including phenoxy) is 1. The van der Waals surface area contributed by atoms with Gasteiger partial charge in [0, 0.05) is 13.1 Å². The Morgan fingerprint density at radius 2 is 1.97 bits per heavy atom. The van der Waals surface area contributed by atoms with Gasteiger partial charge in [0.2, 0.25) is 5.91 Å². The first-order valence-electron chi connectivity index (χ1n) is 9.51. The summed E-state index contributed by atoms with van der Waals surface area (Å²) in [4.78, 5) is 26.9. The standard InChI is InChI=1S/C22H24N4O3/c1-16-6-8-17(9-7-16)13-24-22(28)19-4-2-3-5-20(19)25-21(27)14-26-10-11-29-15-18(26)12-23/h2-9,18H,10-11,13-15H2,1H3,(H,24,28)(H,25,27)/t18-/m1/s1. The minimum atomic E-state index is -0.442. The first-order chi connectivity index (χ1) is 14.1. The Bertz CT molecular complexity index is 905. The minimum Gasteiger partial charge on any atom is -0.377 e. The van der Waals surface area contributed by atoms with Crippen LogP contribution >= 0.6 is 0 Å². The van der Waals surface area contributed by atoms with E-state index in [4.69, 9.17) is 4.74 Å². The highest BCUT2D eigenvalue weighted by atomic mass is 16.5. The number of morpholine rings is 1. The lowest BCUT2D eigenvalue weighted by Gasteiger charge is -2.30. The summed E-state index contributed by atoms with van der Waals surface area (Å²) in [6.45, 7) is 3.78. The van der Waals surface area contributed by atoms with Crippen molar-refractivity contribution in [2.45, 2.75) is 19.5 Å². The van der Waals surface area contributed by atoms with Gasteiger partial charge in [-0.2, -0.15) is 5.26 Å². The van der Waals surface area contributed by atoms with Gasteiger partial charge in [-0.05, 0) is 24.6 Å². The maximum absolute atomic E-state index is 12.6. The second kappa shape index (κ2) is 9.82. The highest BCUT2D eigenvalue weighted by Gasteiger charge is 2.25. The molecule has 0 radical (unpaired) electrons. The molecule has 2 amide bonds. The van der Waals surface area contributed by atoms with E-state index >= 15 is 0 Å². The molecule has 1 heterocycles. The molecule has 7 heteroatoms. The van der Waals surface area contributed by atoms with E-state index in [9.17, 15) is 14.9 Å². The Morgan fingerprint density at radius 3 is 2.72 bits per heavy atom. The van der Waals surface area contributed by atoms with Crippen LogP contribution in [0.5, 0.6) is 0 Å². The largest absolute Gasteiger partial charge is 0.377 e. The molecule has 2 N–H and O–H groups in total. The van der Waals surface area contributed by atoms with Crippen LogP contribution in [0.25, 0.3) is 0 Å². The van der Waals surface area contributed by atoms with Crippen LogP contribution in [-0.4, -0.2) is 49.1 Å². The van der Waals surface area contributed by atoms with Gasteiger partial charge in [0.15, 0.2) is 0 Å². The van der Waals surface area contributed by atoms with Crippen molar-refractivity contribution in [3.63, 3.8) is 0 Å². The molecule has 3 rings (SSSR count). The number of benzene rings is 2. The zero-order valence-electron chi connectivity index (χ0n) is 16.4. The topological polar surface area (TPSA) is 94.5 Å². The van der Waals surface area contributed by atoms with E-state index in [0.29, 0.717) is 37.6 Å². The average Bonchev–Trinajstić information content (AvgIpc) is 2.74. The molecule has 7 nitrogen and oxygen atoms in total. The van der Waals surface area contributed by atoms with Gasteiger partial charge in [0.1, 0.15) is 6.04 Å². The summed E-state index contributed by atoms with van der Waals surface area (Å²) in [6, 6.07) is 16.5. The highest BCUT2D eigenvalue weighted by Crippen LogP contribution is 2.16. The van der Waals surface area contributed by atoms with Crippen molar-refractivity contribution in [2.75, 3.05) is 31.6 Å². The summed E-state index contributed by atoms with van der Waals surface area (Å²) < 4.78 is 5.27. The number of hydrogen-bond acceptors (Lipinski definition) is 5. The normalized spacial score (nSPS) is 16.6. The van der Waals surface area contributed by atoms with Crippen molar-refractivity contribution in [3.05, 3.63) is 65.2 Å². The van der Waals surface area contributed by atoms with E-state index in [1.807, 2.05) is 31.2 Å². The lowest BCUT2D eigenvalue weighted by molar-refractivity contribution is -0.119. The van der Waals surface area contributed by atoms with Crippen LogP contribution in [0.3, 0.4) is 0 Å². The maximum Gasteiger partial charge on any atom is 0.253 e. The van der Waals surface area contributed by atoms with Crippen LogP contribution in [-0.2, 0) is 16.1 Å². The molecule has 0 bridgehead atoms. The van der Waals surface area contributed by atoms with Gasteiger partial charge < -0.3 is 15.4 Å². The molecule has 1 fully saturated rings. The van der Waals surface area contributed by atoms with Crippen molar-refractivity contribution in [1.82, 2.24) is 10.2 Å². The second-order valence-electron chi connectivity index (χ2n) is 6.95. The van der Waals surface area contributed by atoms with E-state index in [1.54, 1.807) is 29.2 Å². The predicted molar refractivity (Wildman–Crippen MR) is 109 cm³/mol. The molecule has 1 aliphatic rings. The maximum atomic E-state index is 12.6. The first kappa shape index (κ1) is 20.5. The van der Waals surface area contributed by atoms with E-state index in [1.165, 1.54) is 0 Å². The number of nitrogens with one attached hydrogen (secondary N) is 2. The smallest absolute Gasteiger partial charge is 0.253 e. The van der Waals surface area contributed by atoms with Gasteiger partial charge >= 0.3 is 0 Å². The van der Waals surface area contributed by atoms with Crippen molar-refractivity contribution >= 4 is 17.5 Å². The summed E-state index contributed by atoms with van der Waals surface area (Å²) in [6.07, 6.45) is 0. The number of nitrogens with zero attached hydrogens (tertiary/aromatic N) is 2. The number of hydrogen-bond donors (Lipinski definition) is 2. The monoisotopic (exact) mass is 392 g/mol. The molecule has 1 aliphatic heterocycles. The third-order valence-corrected chi connectivity index (χ3v) is 4.75. The lowest BCUT2D eigenvalue weighted by Crippen LogP contribution is -2.47. The quantitative estimate of drug-likeness (QED) is 0.785. The molecule has 0 aromatic heterocycles. The van der Waals surface area contributed by atoms with E-state index in [0.717, 1.165) is 11.1 Å². The molecular weight excluding hydrogens is 368 g/mol. The predicted octanol–water partition coefficient (Wildman–Crippen LogP) is 2.09. The lowest BCUT2D eigenvalue weighted by atomic mass is 10.1. The van der Waals surface area contributed by atoms with Crippen molar-refractivity contribution in [1.29, 1.82) is 5.26 Å². The number of anilines is 1. The fraction of sp³-hybridized carbons (Fsp3) is 0.318. The zero-order chi connectivity index (χ0) is 20.6. The number of nitriles is 1. The molecule has 150 valence electrons. The van der Waals surface area contributed by atoms with Crippen LogP contribution < -0.4 is 10.6 Å². The Morgan fingerprint density at radius 1 is 1.21 bits per heavy atom. The van der Waals surface area contributed by atoms with Gasteiger partial charge in [0.25, 0.3) is 5.91 Å². The van der Waals surface area contributed by atoms with E-state index in [-0.39, 0.29) is 18.4 Å². The van der Waals surface area contributed by atoms with Gasteiger partial charge in [-0.3, -0.25) is 14.5 Å². The second-order valence-corrected chi connectivity index (χ2v) is 6.95. The molecule has 0 unspecified atom stereocenters. The summed E-state index contributed by atoms with van der Waals surface area (Å²) >= 11 is 0. The van der Waals surface area contributed by atoms with Crippen molar-refractivity contribution in [3.8, 4) is 6.07 Å². The highest BCUT2D eigenvalue weighted by molar-refractivity contribution is 6.04. The Kier molecular flexibility index (Phi) is 6.95. The molecule has 2 aromatic carbocycles. The van der Waals surface area contributed by atoms with E-state index in [2.05, 4.69) is 16.7 Å². The molecule has 1 atom stereocenters. The van der Waals surface area contributed by atoms with Crippen LogP contribution in [0.15, 0.2) is 48.5 Å². The number of amides is 2. The van der Waals surface area contributed by atoms with Crippen molar-refractivity contribution < 1.29 is 14.3 Å². The number of aryl methyl sites for hydroxylation is 1. The fourth-order valence-electron chi connectivity index (χ4n) is 3.09. The van der Waals surface area contributed by atoms with Gasteiger partial charge in [-0.15, -0.1) is 0 Å². The Hall–Kier alpha value is -3.21. The number of carbonyl (C=O) groups excluding carboxylic acids is 2. The molecule has 0 saturated carbocycles. The molecule has 0 aliphatic carbocycles. The zero-order valence-corrected chi connectivity index (χ0v) is 16.4. The van der Waals surface area contributed by atoms with Crippen LogP contribution in [0.1, 0.15) is 21.5 Å². The summed E-state index contributed by atoms with van der Waals surface area (Å²) in [5.41, 5.74) is 3.00. The molecule has 1 saturated heterocycles. The van der Waals surface area contributed by atoms with Crippen molar-refractivity contribution in [2.24, 2.45) is 0 Å². The van der Waals surface area contributed by atoms with E-state index < -0.39 is 6.04 Å². The number of para-hydroxylation sites is 1. The molecule has 29 heavy (non-hydrogen) atoms. The number of rotatable bonds is 6. The molecule has 2 aromatic rings. The Balaban J connectivity index is 1.61. The molecule has 0 spiro atoms. The third kappa shape index (κ3) is 5.64. The SMILES string of the molecule is Cc1ccc(CNC(=O)c2ccccc2NC(=O)CN2CCOC[C@H]2C#N)cc1. The minimum absolute atomic E-state index is 0.0703. The number of carbonyl (C=O) groups is 2. The summed E-state index contributed by atoms with van der Waals surface area (Å²) in [5.74, 6) is -0.534. The fourth-order valence-corrected chi connectivity index (χ4v) is 3.09. The van der Waals surface area contributed by atoms with Crippen LogP contribution in [0.2, 0.25) is 0 Å². The third-order valence-electron chi connectivity index (χ3n) is 4.75. The summed E-state index contributed by atoms with van der Waals surface area (Å²) in [5, 5.41) is 14.9. The van der Waals surface area contributed by atoms with Crippen LogP contribution in [0, 0.1) is 18.3 Å². The summed E-state index contributed by atoms with van der Waals surface area (Å²) in [7, 11) is 0. The first-order valence-corrected chi connectivity index (χ1v) is 9.51. The van der Waals surface area contributed by atoms with Gasteiger partial charge in [-0.25, -0.2) is 0 Å². The van der Waals surface area contributed by atoms with Gasteiger partial charge in [0.05, 0.1) is 37.1 Å².